The number of rotatable bonds is 5. The molecule has 29 heavy (non-hydrogen) atoms. The van der Waals surface area contributed by atoms with Crippen LogP contribution >= 0.6 is 0 Å². The fraction of sp³-hybridized carbons (Fsp3) is 0.227. The molecule has 1 fully saturated rings. The average molecular weight is 391 g/mol. The molecule has 0 unspecified atom stereocenters. The minimum absolute atomic E-state index is 0.181. The van der Waals surface area contributed by atoms with Crippen molar-refractivity contribution in [2.45, 2.75) is 6.54 Å². The van der Waals surface area contributed by atoms with Gasteiger partial charge in [0.05, 0.1) is 23.5 Å². The Balaban J connectivity index is 1.32. The van der Waals surface area contributed by atoms with Gasteiger partial charge in [0.25, 0.3) is 5.91 Å². The molecule has 1 aliphatic heterocycles. The van der Waals surface area contributed by atoms with Crippen molar-refractivity contribution in [2.75, 3.05) is 36.0 Å². The lowest BCUT2D eigenvalue weighted by atomic mass is 10.2. The molecule has 3 aromatic rings. The summed E-state index contributed by atoms with van der Waals surface area (Å²) in [5.41, 5.74) is 1.95. The molecule has 1 aliphatic rings. The number of benzene rings is 1. The molecule has 6 nitrogen and oxygen atoms in total. The molecule has 0 radical (unpaired) electrons. The molecule has 0 saturated carbocycles. The number of amides is 1. The van der Waals surface area contributed by atoms with Crippen molar-refractivity contribution in [3.8, 4) is 0 Å². The van der Waals surface area contributed by atoms with Crippen molar-refractivity contribution in [1.29, 1.82) is 0 Å². The third kappa shape index (κ3) is 4.51. The zero-order valence-electron chi connectivity index (χ0n) is 16.0. The quantitative estimate of drug-likeness (QED) is 0.725. The summed E-state index contributed by atoms with van der Waals surface area (Å²) in [5.74, 6) is 0.443. The number of carbonyl (C=O) groups excluding carboxylic acids is 1. The van der Waals surface area contributed by atoms with Crippen molar-refractivity contribution in [3.63, 3.8) is 0 Å². The highest BCUT2D eigenvalue weighted by atomic mass is 19.1. The van der Waals surface area contributed by atoms with Crippen LogP contribution in [0.5, 0.6) is 0 Å². The van der Waals surface area contributed by atoms with Gasteiger partial charge in [-0.05, 0) is 36.4 Å². The summed E-state index contributed by atoms with van der Waals surface area (Å²) in [6.45, 7) is 3.29. The third-order valence-electron chi connectivity index (χ3n) is 4.96. The fourth-order valence-corrected chi connectivity index (χ4v) is 3.37. The van der Waals surface area contributed by atoms with Crippen LogP contribution in [0.3, 0.4) is 0 Å². The number of anilines is 2. The maximum atomic E-state index is 14.0. The molecular formula is C22H22FN5O. The van der Waals surface area contributed by atoms with Gasteiger partial charge in [0.2, 0.25) is 0 Å². The Hall–Kier alpha value is -3.48. The monoisotopic (exact) mass is 391 g/mol. The zero-order valence-corrected chi connectivity index (χ0v) is 16.0. The first-order valence-corrected chi connectivity index (χ1v) is 9.59. The normalized spacial score (nSPS) is 14.0. The first-order chi connectivity index (χ1) is 14.2. The number of hydrogen-bond acceptors (Lipinski definition) is 5. The van der Waals surface area contributed by atoms with E-state index < -0.39 is 0 Å². The molecule has 2 aromatic heterocycles. The molecule has 1 aromatic carbocycles. The molecule has 0 aliphatic carbocycles. The van der Waals surface area contributed by atoms with E-state index in [4.69, 9.17) is 0 Å². The molecule has 1 saturated heterocycles. The summed E-state index contributed by atoms with van der Waals surface area (Å²) >= 11 is 0. The van der Waals surface area contributed by atoms with Gasteiger partial charge in [0.15, 0.2) is 0 Å². The van der Waals surface area contributed by atoms with Gasteiger partial charge in [-0.25, -0.2) is 9.37 Å². The lowest BCUT2D eigenvalue weighted by molar-refractivity contribution is 0.0950. The molecule has 148 valence electrons. The van der Waals surface area contributed by atoms with Crippen molar-refractivity contribution in [1.82, 2.24) is 15.3 Å². The maximum absolute atomic E-state index is 14.0. The smallest absolute Gasteiger partial charge is 0.253 e. The van der Waals surface area contributed by atoms with Crippen LogP contribution in [0.4, 0.5) is 15.9 Å². The predicted molar refractivity (Wildman–Crippen MR) is 110 cm³/mol. The van der Waals surface area contributed by atoms with Crippen LogP contribution in [0.25, 0.3) is 0 Å². The van der Waals surface area contributed by atoms with Crippen LogP contribution in [-0.2, 0) is 6.54 Å². The van der Waals surface area contributed by atoms with E-state index in [1.807, 2.05) is 41.3 Å². The van der Waals surface area contributed by atoms with Crippen LogP contribution in [-0.4, -0.2) is 42.1 Å². The van der Waals surface area contributed by atoms with Gasteiger partial charge in [-0.1, -0.05) is 18.2 Å². The Morgan fingerprint density at radius 3 is 2.38 bits per heavy atom. The number of para-hydroxylation sites is 1. The second-order valence-corrected chi connectivity index (χ2v) is 6.83. The number of nitrogens with one attached hydrogen (secondary N) is 1. The molecule has 1 N–H and O–H groups in total. The number of piperazine rings is 1. The van der Waals surface area contributed by atoms with Gasteiger partial charge >= 0.3 is 0 Å². The number of carbonyl (C=O) groups is 1. The van der Waals surface area contributed by atoms with Gasteiger partial charge < -0.3 is 15.1 Å². The molecule has 0 atom stereocenters. The van der Waals surface area contributed by atoms with Crippen molar-refractivity contribution >= 4 is 17.4 Å². The number of aromatic nitrogens is 2. The van der Waals surface area contributed by atoms with Crippen molar-refractivity contribution < 1.29 is 9.18 Å². The minimum atomic E-state index is -0.194. The lowest BCUT2D eigenvalue weighted by Crippen LogP contribution is -2.47. The second-order valence-electron chi connectivity index (χ2n) is 6.83. The number of halogens is 1. The minimum Gasteiger partial charge on any atom is -0.366 e. The van der Waals surface area contributed by atoms with E-state index in [-0.39, 0.29) is 11.7 Å². The topological polar surface area (TPSA) is 61.4 Å². The Morgan fingerprint density at radius 2 is 1.69 bits per heavy atom. The van der Waals surface area contributed by atoms with E-state index in [2.05, 4.69) is 20.2 Å². The first kappa shape index (κ1) is 18.9. The molecule has 0 bridgehead atoms. The molecule has 4 rings (SSSR count). The van der Waals surface area contributed by atoms with Gasteiger partial charge in [0, 0.05) is 38.6 Å². The fourth-order valence-electron chi connectivity index (χ4n) is 3.37. The molecular weight excluding hydrogens is 369 g/mol. The van der Waals surface area contributed by atoms with E-state index in [1.54, 1.807) is 24.5 Å². The van der Waals surface area contributed by atoms with Crippen LogP contribution in [0.2, 0.25) is 0 Å². The van der Waals surface area contributed by atoms with Crippen molar-refractivity contribution in [2.24, 2.45) is 0 Å². The SMILES string of the molecule is O=C(NCc1ccccn1)c1ccc(N2CCN(c3ccccc3F)CC2)nc1. The zero-order chi connectivity index (χ0) is 20.1. The lowest BCUT2D eigenvalue weighted by Gasteiger charge is -2.36. The van der Waals surface area contributed by atoms with Gasteiger partial charge in [-0.3, -0.25) is 9.78 Å². The van der Waals surface area contributed by atoms with E-state index in [9.17, 15) is 9.18 Å². The van der Waals surface area contributed by atoms with E-state index in [1.165, 1.54) is 6.07 Å². The number of pyridine rings is 2. The number of nitrogens with zero attached hydrogens (tertiary/aromatic N) is 4. The van der Waals surface area contributed by atoms with E-state index in [0.29, 0.717) is 17.8 Å². The standard InChI is InChI=1S/C22H22FN5O/c23-19-6-1-2-7-20(19)27-11-13-28(14-12-27)21-9-8-17(15-25-21)22(29)26-16-18-5-3-4-10-24-18/h1-10,15H,11-14,16H2,(H,26,29). The third-order valence-corrected chi connectivity index (χ3v) is 4.96. The van der Waals surface area contributed by atoms with Gasteiger partial charge in [-0.2, -0.15) is 0 Å². The molecule has 3 heterocycles. The molecule has 7 heteroatoms. The summed E-state index contributed by atoms with van der Waals surface area (Å²) in [5, 5.41) is 2.85. The van der Waals surface area contributed by atoms with E-state index >= 15 is 0 Å². The van der Waals surface area contributed by atoms with E-state index in [0.717, 1.165) is 37.7 Å². The largest absolute Gasteiger partial charge is 0.366 e. The van der Waals surface area contributed by atoms with Crippen LogP contribution < -0.4 is 15.1 Å². The predicted octanol–water partition coefficient (Wildman–Crippen LogP) is 2.87. The highest BCUT2D eigenvalue weighted by Crippen LogP contribution is 2.22. The molecule has 0 spiro atoms. The number of hydrogen-bond donors (Lipinski definition) is 1. The maximum Gasteiger partial charge on any atom is 0.253 e. The average Bonchev–Trinajstić information content (AvgIpc) is 2.79. The summed E-state index contributed by atoms with van der Waals surface area (Å²) in [4.78, 5) is 25.1. The summed E-state index contributed by atoms with van der Waals surface area (Å²) in [7, 11) is 0. The summed E-state index contributed by atoms with van der Waals surface area (Å²) in [6, 6.07) is 16.1. The Labute approximate surface area is 169 Å². The Bertz CT molecular complexity index is 956. The Morgan fingerprint density at radius 1 is 0.931 bits per heavy atom. The van der Waals surface area contributed by atoms with Crippen molar-refractivity contribution in [3.05, 3.63) is 84.1 Å². The van der Waals surface area contributed by atoms with Gasteiger partial charge in [0.1, 0.15) is 11.6 Å². The summed E-state index contributed by atoms with van der Waals surface area (Å²) < 4.78 is 14.0. The van der Waals surface area contributed by atoms with Crippen LogP contribution in [0.15, 0.2) is 67.0 Å². The van der Waals surface area contributed by atoms with Gasteiger partial charge in [-0.15, -0.1) is 0 Å². The van der Waals surface area contributed by atoms with Crippen LogP contribution in [0, 0.1) is 5.82 Å². The Kier molecular flexibility index (Phi) is 5.65. The second kappa shape index (κ2) is 8.68. The highest BCUT2D eigenvalue weighted by molar-refractivity contribution is 5.94. The van der Waals surface area contributed by atoms with Crippen LogP contribution in [0.1, 0.15) is 16.1 Å². The first-order valence-electron chi connectivity index (χ1n) is 9.59. The summed E-state index contributed by atoms with van der Waals surface area (Å²) in [6.07, 6.45) is 3.29. The highest BCUT2D eigenvalue weighted by Gasteiger charge is 2.20. The molecule has 1 amide bonds.